The number of hydrogen-bond acceptors (Lipinski definition) is 4. The van der Waals surface area contributed by atoms with Crippen molar-refractivity contribution >= 4 is 57.2 Å². The highest BCUT2D eigenvalue weighted by Crippen LogP contribution is 2.46. The van der Waals surface area contributed by atoms with Crippen LogP contribution in [0.5, 0.6) is 5.88 Å². The van der Waals surface area contributed by atoms with Crippen molar-refractivity contribution in [1.82, 2.24) is 4.57 Å². The van der Waals surface area contributed by atoms with E-state index in [9.17, 15) is 13.9 Å². The molecule has 0 spiro atoms. The number of rotatable bonds is 3. The van der Waals surface area contributed by atoms with Gasteiger partial charge < -0.3 is 9.67 Å². The molecule has 0 aliphatic carbocycles. The SMILES string of the molecule is Oc1c(N=Nc2cccc(Cl)c2Cl)c2cc(F)cc(F)c2n1C1CSC1. The monoisotopic (exact) mass is 413 g/mol. The second-order valence-electron chi connectivity index (χ2n) is 5.79. The Morgan fingerprint density at radius 2 is 1.92 bits per heavy atom. The molecule has 4 rings (SSSR count). The number of azo groups is 1. The molecule has 1 aromatic heterocycles. The lowest BCUT2D eigenvalue weighted by Gasteiger charge is -2.27. The van der Waals surface area contributed by atoms with Crippen molar-refractivity contribution in [3.8, 4) is 5.88 Å². The predicted octanol–water partition coefficient (Wildman–Crippen LogP) is 6.64. The summed E-state index contributed by atoms with van der Waals surface area (Å²) in [5, 5.41) is 19.3. The van der Waals surface area contributed by atoms with Gasteiger partial charge in [-0.3, -0.25) is 0 Å². The van der Waals surface area contributed by atoms with Gasteiger partial charge in [0.05, 0.1) is 21.6 Å². The number of halogens is 4. The van der Waals surface area contributed by atoms with Crippen molar-refractivity contribution in [2.24, 2.45) is 10.2 Å². The third-order valence-electron chi connectivity index (χ3n) is 4.14. The minimum atomic E-state index is -0.757. The molecule has 0 amide bonds. The third-order valence-corrected chi connectivity index (χ3v) is 6.19. The van der Waals surface area contributed by atoms with Gasteiger partial charge in [-0.1, -0.05) is 29.3 Å². The molecular formula is C17H11Cl2F2N3OS. The van der Waals surface area contributed by atoms with Gasteiger partial charge in [0.1, 0.15) is 11.5 Å². The molecule has 9 heteroatoms. The molecule has 1 aliphatic heterocycles. The summed E-state index contributed by atoms with van der Waals surface area (Å²) in [4.78, 5) is 0. The van der Waals surface area contributed by atoms with E-state index in [1.807, 2.05) is 0 Å². The van der Waals surface area contributed by atoms with Crippen molar-refractivity contribution in [3.05, 3.63) is 52.0 Å². The lowest BCUT2D eigenvalue weighted by molar-refractivity contribution is 0.404. The number of aromatic hydroxyl groups is 1. The van der Waals surface area contributed by atoms with E-state index in [1.54, 1.807) is 30.0 Å². The van der Waals surface area contributed by atoms with Gasteiger partial charge in [0, 0.05) is 23.0 Å². The number of hydrogen-bond donors (Lipinski definition) is 1. The van der Waals surface area contributed by atoms with Crippen LogP contribution in [0, 0.1) is 11.6 Å². The largest absolute Gasteiger partial charge is 0.493 e. The Labute approximate surface area is 161 Å². The zero-order chi connectivity index (χ0) is 18.4. The smallest absolute Gasteiger partial charge is 0.221 e. The minimum Gasteiger partial charge on any atom is -0.493 e. The maximum Gasteiger partial charge on any atom is 0.221 e. The molecule has 0 unspecified atom stereocenters. The van der Waals surface area contributed by atoms with E-state index in [0.29, 0.717) is 5.02 Å². The second kappa shape index (κ2) is 6.72. The molecule has 26 heavy (non-hydrogen) atoms. The Kier molecular flexibility index (Phi) is 4.54. The summed E-state index contributed by atoms with van der Waals surface area (Å²) in [6.45, 7) is 0. The van der Waals surface area contributed by atoms with Gasteiger partial charge in [-0.2, -0.15) is 11.8 Å². The van der Waals surface area contributed by atoms with Crippen LogP contribution in [0.1, 0.15) is 6.04 Å². The van der Waals surface area contributed by atoms with Gasteiger partial charge in [0.15, 0.2) is 11.5 Å². The van der Waals surface area contributed by atoms with Crippen LogP contribution in [-0.4, -0.2) is 21.2 Å². The summed E-state index contributed by atoms with van der Waals surface area (Å²) in [5.74, 6) is -0.311. The normalized spacial score (nSPS) is 15.1. The van der Waals surface area contributed by atoms with Crippen LogP contribution in [0.3, 0.4) is 0 Å². The summed E-state index contributed by atoms with van der Waals surface area (Å²) in [6, 6.07) is 6.69. The van der Waals surface area contributed by atoms with E-state index in [4.69, 9.17) is 23.2 Å². The van der Waals surface area contributed by atoms with E-state index >= 15 is 0 Å². The topological polar surface area (TPSA) is 49.9 Å². The molecule has 3 aromatic rings. The Morgan fingerprint density at radius 3 is 2.62 bits per heavy atom. The number of aromatic nitrogens is 1. The minimum absolute atomic E-state index is 0.00802. The Bertz CT molecular complexity index is 1050. The number of nitrogens with zero attached hydrogens (tertiary/aromatic N) is 3. The Morgan fingerprint density at radius 1 is 1.15 bits per heavy atom. The van der Waals surface area contributed by atoms with Gasteiger partial charge in [0.2, 0.25) is 5.88 Å². The molecule has 0 atom stereocenters. The molecule has 2 heterocycles. The number of fused-ring (bicyclic) bond motifs is 1. The van der Waals surface area contributed by atoms with Crippen LogP contribution in [-0.2, 0) is 0 Å². The van der Waals surface area contributed by atoms with E-state index < -0.39 is 11.6 Å². The van der Waals surface area contributed by atoms with Crippen molar-refractivity contribution in [2.75, 3.05) is 11.5 Å². The van der Waals surface area contributed by atoms with Gasteiger partial charge in [-0.05, 0) is 18.2 Å². The molecule has 134 valence electrons. The molecule has 1 saturated heterocycles. The van der Waals surface area contributed by atoms with E-state index in [1.165, 1.54) is 4.57 Å². The standard InChI is InChI=1S/C17H11Cl2F2N3OS/c18-11-2-1-3-13(14(11)19)22-23-15-10-4-8(20)5-12(21)16(10)24(17(15)25)9-6-26-7-9/h1-5,9,25H,6-7H2. The van der Waals surface area contributed by atoms with Gasteiger partial charge in [-0.15, -0.1) is 10.2 Å². The Balaban J connectivity index is 1.90. The zero-order valence-electron chi connectivity index (χ0n) is 13.1. The maximum absolute atomic E-state index is 14.4. The first kappa shape index (κ1) is 17.6. The average Bonchev–Trinajstić information content (AvgIpc) is 2.80. The summed E-state index contributed by atoms with van der Waals surface area (Å²) in [6.07, 6.45) is 0. The highest BCUT2D eigenvalue weighted by molar-refractivity contribution is 8.00. The van der Waals surface area contributed by atoms with Crippen molar-refractivity contribution in [1.29, 1.82) is 0 Å². The fourth-order valence-electron chi connectivity index (χ4n) is 2.83. The molecule has 4 nitrogen and oxygen atoms in total. The van der Waals surface area contributed by atoms with Crippen LogP contribution < -0.4 is 0 Å². The van der Waals surface area contributed by atoms with Crippen molar-refractivity contribution < 1.29 is 13.9 Å². The summed E-state index contributed by atoms with van der Waals surface area (Å²) >= 11 is 13.7. The highest BCUT2D eigenvalue weighted by Gasteiger charge is 2.29. The summed E-state index contributed by atoms with van der Waals surface area (Å²) < 4.78 is 29.6. The number of thioether (sulfide) groups is 1. The summed E-state index contributed by atoms with van der Waals surface area (Å²) in [5.41, 5.74) is 0.391. The van der Waals surface area contributed by atoms with E-state index in [2.05, 4.69) is 10.2 Å². The fourth-order valence-corrected chi connectivity index (χ4v) is 3.91. The first-order chi connectivity index (χ1) is 12.5. The van der Waals surface area contributed by atoms with Crippen LogP contribution in [0.2, 0.25) is 10.0 Å². The van der Waals surface area contributed by atoms with E-state index in [0.717, 1.165) is 23.6 Å². The van der Waals surface area contributed by atoms with Gasteiger partial charge >= 0.3 is 0 Å². The molecule has 1 fully saturated rings. The molecular weight excluding hydrogens is 403 g/mol. The average molecular weight is 414 g/mol. The van der Waals surface area contributed by atoms with Crippen LogP contribution >= 0.6 is 35.0 Å². The predicted molar refractivity (Wildman–Crippen MR) is 101 cm³/mol. The number of benzene rings is 2. The zero-order valence-corrected chi connectivity index (χ0v) is 15.4. The van der Waals surface area contributed by atoms with E-state index in [-0.39, 0.29) is 39.2 Å². The first-order valence-corrected chi connectivity index (χ1v) is 9.54. The highest BCUT2D eigenvalue weighted by atomic mass is 35.5. The lowest BCUT2D eigenvalue weighted by atomic mass is 10.2. The van der Waals surface area contributed by atoms with Crippen molar-refractivity contribution in [2.45, 2.75) is 6.04 Å². The molecule has 0 radical (unpaired) electrons. The van der Waals surface area contributed by atoms with Gasteiger partial charge in [-0.25, -0.2) is 8.78 Å². The molecule has 2 aromatic carbocycles. The molecule has 1 aliphatic rings. The van der Waals surface area contributed by atoms with Crippen LogP contribution in [0.4, 0.5) is 20.2 Å². The van der Waals surface area contributed by atoms with Gasteiger partial charge in [0.25, 0.3) is 0 Å². The maximum atomic E-state index is 14.4. The Hall–Kier alpha value is -1.83. The lowest BCUT2D eigenvalue weighted by Crippen LogP contribution is -2.22. The molecule has 1 N–H and O–H groups in total. The second-order valence-corrected chi connectivity index (χ2v) is 7.65. The quantitative estimate of drug-likeness (QED) is 0.489. The fraction of sp³-hybridized carbons (Fsp3) is 0.176. The van der Waals surface area contributed by atoms with Crippen LogP contribution in [0.25, 0.3) is 10.9 Å². The summed E-state index contributed by atoms with van der Waals surface area (Å²) in [7, 11) is 0. The van der Waals surface area contributed by atoms with Crippen molar-refractivity contribution in [3.63, 3.8) is 0 Å². The first-order valence-electron chi connectivity index (χ1n) is 7.62. The molecule has 0 saturated carbocycles. The van der Waals surface area contributed by atoms with Crippen LogP contribution in [0.15, 0.2) is 40.6 Å². The molecule has 0 bridgehead atoms. The third kappa shape index (κ3) is 2.84.